The first-order valence-corrected chi connectivity index (χ1v) is 12.6. The van der Waals surface area contributed by atoms with Gasteiger partial charge in [0.05, 0.1) is 6.61 Å². The summed E-state index contributed by atoms with van der Waals surface area (Å²) in [5, 5.41) is 0. The van der Waals surface area contributed by atoms with Gasteiger partial charge in [0.25, 0.3) is 0 Å². The van der Waals surface area contributed by atoms with E-state index in [2.05, 4.69) is 20.8 Å². The highest BCUT2D eigenvalue weighted by Gasteiger charge is 2.14. The van der Waals surface area contributed by atoms with E-state index in [0.717, 1.165) is 44.9 Å². The van der Waals surface area contributed by atoms with E-state index in [1.54, 1.807) is 0 Å². The summed E-state index contributed by atoms with van der Waals surface area (Å²) in [5.74, 6) is -0.811. The molecule has 0 radical (unpaired) electrons. The van der Waals surface area contributed by atoms with Crippen molar-refractivity contribution in [3.05, 3.63) is 0 Å². The highest BCUT2D eigenvalue weighted by molar-refractivity contribution is 5.73. The molecule has 0 bridgehead atoms. The summed E-state index contributed by atoms with van der Waals surface area (Å²) in [6.07, 6.45) is 18.7. The lowest BCUT2D eigenvalue weighted by molar-refractivity contribution is -0.159. The van der Waals surface area contributed by atoms with Crippen molar-refractivity contribution in [3.8, 4) is 0 Å². The molecule has 0 aromatic carbocycles. The maximum atomic E-state index is 11.8. The number of carbonyl (C=O) groups excluding carboxylic acids is 2. The Morgan fingerprint density at radius 2 is 1.13 bits per heavy atom. The summed E-state index contributed by atoms with van der Waals surface area (Å²) in [5.41, 5.74) is 0. The molecular formula is C25H48O5. The second-order valence-corrected chi connectivity index (χ2v) is 8.29. The fourth-order valence-corrected chi connectivity index (χ4v) is 3.45. The maximum Gasteiger partial charge on any atom is 0.332 e. The van der Waals surface area contributed by atoms with Gasteiger partial charge < -0.3 is 14.2 Å². The molecule has 0 saturated carbocycles. The SMILES string of the molecule is CCCCCCCCCCCCCOC(=O)COCC(=O)OC(CCC)CCCC. The first-order valence-electron chi connectivity index (χ1n) is 12.6. The zero-order valence-corrected chi connectivity index (χ0v) is 20.1. The Hall–Kier alpha value is -1.10. The highest BCUT2D eigenvalue weighted by Crippen LogP contribution is 2.12. The van der Waals surface area contributed by atoms with E-state index < -0.39 is 11.9 Å². The first kappa shape index (κ1) is 28.9. The lowest BCUT2D eigenvalue weighted by Crippen LogP contribution is -2.23. The molecular weight excluding hydrogens is 380 g/mol. The summed E-state index contributed by atoms with van der Waals surface area (Å²) < 4.78 is 15.7. The van der Waals surface area contributed by atoms with E-state index in [9.17, 15) is 9.59 Å². The van der Waals surface area contributed by atoms with Crippen molar-refractivity contribution in [2.45, 2.75) is 130 Å². The molecule has 5 nitrogen and oxygen atoms in total. The number of carbonyl (C=O) groups is 2. The molecule has 0 aromatic heterocycles. The molecule has 0 aliphatic carbocycles. The molecule has 0 aromatic rings. The summed E-state index contributed by atoms with van der Waals surface area (Å²) in [4.78, 5) is 23.5. The lowest BCUT2D eigenvalue weighted by atomic mass is 10.1. The Balaban J connectivity index is 3.51. The van der Waals surface area contributed by atoms with Gasteiger partial charge in [-0.25, -0.2) is 9.59 Å². The van der Waals surface area contributed by atoms with Gasteiger partial charge in [-0.2, -0.15) is 0 Å². The smallest absolute Gasteiger partial charge is 0.332 e. The Kier molecular flexibility index (Phi) is 21.8. The van der Waals surface area contributed by atoms with Crippen molar-refractivity contribution in [2.24, 2.45) is 0 Å². The average molecular weight is 429 g/mol. The van der Waals surface area contributed by atoms with Crippen LogP contribution in [-0.2, 0) is 23.8 Å². The van der Waals surface area contributed by atoms with Gasteiger partial charge in [-0.3, -0.25) is 0 Å². The van der Waals surface area contributed by atoms with Crippen LogP contribution in [0.4, 0.5) is 0 Å². The lowest BCUT2D eigenvalue weighted by Gasteiger charge is -2.16. The zero-order chi connectivity index (χ0) is 22.3. The Bertz CT molecular complexity index is 397. The van der Waals surface area contributed by atoms with Crippen LogP contribution in [0, 0.1) is 0 Å². The normalized spacial score (nSPS) is 12.0. The number of hydrogen-bond donors (Lipinski definition) is 0. The van der Waals surface area contributed by atoms with Gasteiger partial charge in [0, 0.05) is 0 Å². The summed E-state index contributed by atoms with van der Waals surface area (Å²) in [6.45, 7) is 6.49. The molecule has 178 valence electrons. The quantitative estimate of drug-likeness (QED) is 0.141. The van der Waals surface area contributed by atoms with Crippen LogP contribution in [0.15, 0.2) is 0 Å². The topological polar surface area (TPSA) is 61.8 Å². The minimum absolute atomic E-state index is 0.0425. The average Bonchev–Trinajstić information content (AvgIpc) is 2.73. The Morgan fingerprint density at radius 1 is 0.600 bits per heavy atom. The predicted octanol–water partition coefficient (Wildman–Crippen LogP) is 6.76. The fourth-order valence-electron chi connectivity index (χ4n) is 3.45. The second-order valence-electron chi connectivity index (χ2n) is 8.29. The number of rotatable bonds is 22. The minimum atomic E-state index is -0.411. The maximum absolute atomic E-state index is 11.8. The fraction of sp³-hybridized carbons (Fsp3) is 0.920. The van der Waals surface area contributed by atoms with Crippen LogP contribution >= 0.6 is 0 Å². The van der Waals surface area contributed by atoms with Crippen molar-refractivity contribution >= 4 is 11.9 Å². The van der Waals surface area contributed by atoms with Crippen LogP contribution in [0.1, 0.15) is 124 Å². The largest absolute Gasteiger partial charge is 0.464 e. The van der Waals surface area contributed by atoms with E-state index in [-0.39, 0.29) is 19.3 Å². The van der Waals surface area contributed by atoms with Gasteiger partial charge in [-0.15, -0.1) is 0 Å². The second kappa shape index (κ2) is 22.6. The van der Waals surface area contributed by atoms with Crippen molar-refractivity contribution in [1.82, 2.24) is 0 Å². The van der Waals surface area contributed by atoms with Crippen LogP contribution in [0.25, 0.3) is 0 Å². The molecule has 0 rings (SSSR count). The van der Waals surface area contributed by atoms with E-state index >= 15 is 0 Å². The molecule has 0 aliphatic heterocycles. The molecule has 5 heteroatoms. The van der Waals surface area contributed by atoms with Gasteiger partial charge >= 0.3 is 11.9 Å². The van der Waals surface area contributed by atoms with Gasteiger partial charge in [0.2, 0.25) is 0 Å². The zero-order valence-electron chi connectivity index (χ0n) is 20.1. The number of hydrogen-bond acceptors (Lipinski definition) is 5. The molecule has 0 spiro atoms. The molecule has 0 amide bonds. The molecule has 0 aliphatic rings. The van der Waals surface area contributed by atoms with Crippen molar-refractivity contribution in [3.63, 3.8) is 0 Å². The third kappa shape index (κ3) is 20.2. The third-order valence-electron chi connectivity index (χ3n) is 5.24. The molecule has 30 heavy (non-hydrogen) atoms. The monoisotopic (exact) mass is 428 g/mol. The van der Waals surface area contributed by atoms with Gasteiger partial charge in [0.1, 0.15) is 19.3 Å². The first-order chi connectivity index (χ1) is 14.6. The number of ether oxygens (including phenoxy) is 3. The van der Waals surface area contributed by atoms with E-state index in [1.807, 2.05) is 0 Å². The van der Waals surface area contributed by atoms with E-state index in [4.69, 9.17) is 14.2 Å². The summed E-state index contributed by atoms with van der Waals surface area (Å²) >= 11 is 0. The van der Waals surface area contributed by atoms with Crippen LogP contribution in [0.2, 0.25) is 0 Å². The van der Waals surface area contributed by atoms with Crippen molar-refractivity contribution < 1.29 is 23.8 Å². The molecule has 0 fully saturated rings. The Labute approximate surface area is 185 Å². The van der Waals surface area contributed by atoms with Gasteiger partial charge in [0.15, 0.2) is 0 Å². The molecule has 0 heterocycles. The van der Waals surface area contributed by atoms with E-state index in [1.165, 1.54) is 57.8 Å². The van der Waals surface area contributed by atoms with Gasteiger partial charge in [-0.05, 0) is 19.3 Å². The van der Waals surface area contributed by atoms with Crippen LogP contribution in [0.3, 0.4) is 0 Å². The number of esters is 2. The molecule has 1 unspecified atom stereocenters. The Morgan fingerprint density at radius 3 is 1.70 bits per heavy atom. The summed E-state index contributed by atoms with van der Waals surface area (Å²) in [7, 11) is 0. The summed E-state index contributed by atoms with van der Waals surface area (Å²) in [6, 6.07) is 0. The van der Waals surface area contributed by atoms with Crippen molar-refractivity contribution in [1.29, 1.82) is 0 Å². The predicted molar refractivity (Wildman–Crippen MR) is 123 cm³/mol. The molecule has 0 N–H and O–H groups in total. The molecule has 1 atom stereocenters. The van der Waals surface area contributed by atoms with Crippen LogP contribution in [-0.4, -0.2) is 37.9 Å². The number of unbranched alkanes of at least 4 members (excludes halogenated alkanes) is 11. The van der Waals surface area contributed by atoms with Crippen LogP contribution in [0.5, 0.6) is 0 Å². The highest BCUT2D eigenvalue weighted by atomic mass is 16.6. The van der Waals surface area contributed by atoms with Crippen LogP contribution < -0.4 is 0 Å². The standard InChI is InChI=1S/C25H48O5/c1-4-7-9-10-11-12-13-14-15-16-17-20-29-24(26)21-28-22-25(27)30-23(18-6-3)19-8-5-2/h23H,4-22H2,1-3H3. The van der Waals surface area contributed by atoms with E-state index in [0.29, 0.717) is 6.61 Å². The third-order valence-corrected chi connectivity index (χ3v) is 5.24. The molecule has 0 saturated heterocycles. The van der Waals surface area contributed by atoms with Crippen molar-refractivity contribution in [2.75, 3.05) is 19.8 Å². The van der Waals surface area contributed by atoms with Gasteiger partial charge in [-0.1, -0.05) is 104 Å². The minimum Gasteiger partial charge on any atom is -0.464 e.